The number of ether oxygens (including phenoxy) is 1. The second-order valence-electron chi connectivity index (χ2n) is 5.79. The Bertz CT molecular complexity index is 705. The van der Waals surface area contributed by atoms with E-state index < -0.39 is 6.61 Å². The summed E-state index contributed by atoms with van der Waals surface area (Å²) in [4.78, 5) is 13.8. The fraction of sp³-hybridized carbons (Fsp3) is 0.438. The maximum absolute atomic E-state index is 12.2. The van der Waals surface area contributed by atoms with Crippen LogP contribution in [0.2, 0.25) is 0 Å². The van der Waals surface area contributed by atoms with Crippen LogP contribution in [0, 0.1) is 5.92 Å². The second kappa shape index (κ2) is 8.28. The number of amides is 1. The smallest absolute Gasteiger partial charge is 0.387 e. The first kappa shape index (κ1) is 19.2. The molecule has 0 unspecified atom stereocenters. The molecule has 0 spiro atoms. The molecular formula is C16H19F2N3O3S. The third-order valence-corrected chi connectivity index (χ3v) is 4.62. The Kier molecular flexibility index (Phi) is 6.35. The van der Waals surface area contributed by atoms with Gasteiger partial charge in [-0.15, -0.1) is 10.2 Å². The summed E-state index contributed by atoms with van der Waals surface area (Å²) < 4.78 is 34.2. The number of hydrogen-bond donors (Lipinski definition) is 0. The fourth-order valence-electron chi connectivity index (χ4n) is 1.99. The van der Waals surface area contributed by atoms with Gasteiger partial charge >= 0.3 is 6.61 Å². The number of carbonyl (C=O) groups is 1. The van der Waals surface area contributed by atoms with E-state index in [0.717, 1.165) is 0 Å². The predicted molar refractivity (Wildman–Crippen MR) is 89.5 cm³/mol. The van der Waals surface area contributed by atoms with E-state index in [2.05, 4.69) is 14.9 Å². The number of hydrogen-bond acceptors (Lipinski definition) is 6. The summed E-state index contributed by atoms with van der Waals surface area (Å²) in [6.45, 7) is 1.01. The number of benzene rings is 1. The first-order chi connectivity index (χ1) is 11.8. The lowest BCUT2D eigenvalue weighted by Gasteiger charge is -2.21. The molecule has 1 aromatic heterocycles. The van der Waals surface area contributed by atoms with E-state index in [-0.39, 0.29) is 33.9 Å². The molecule has 2 aromatic rings. The zero-order valence-corrected chi connectivity index (χ0v) is 15.1. The van der Waals surface area contributed by atoms with Crippen LogP contribution in [-0.2, 0) is 4.79 Å². The van der Waals surface area contributed by atoms with E-state index in [0.29, 0.717) is 5.56 Å². The van der Waals surface area contributed by atoms with Gasteiger partial charge in [-0.05, 0) is 30.2 Å². The highest BCUT2D eigenvalue weighted by molar-refractivity contribution is 8.00. The highest BCUT2D eigenvalue weighted by atomic mass is 32.2. The van der Waals surface area contributed by atoms with Gasteiger partial charge in [0.05, 0.1) is 5.25 Å². The molecule has 1 amide bonds. The van der Waals surface area contributed by atoms with E-state index in [1.165, 1.54) is 28.8 Å². The van der Waals surface area contributed by atoms with Crippen molar-refractivity contribution in [1.82, 2.24) is 15.1 Å². The fourth-order valence-corrected chi connectivity index (χ4v) is 3.00. The van der Waals surface area contributed by atoms with Crippen LogP contribution in [-0.4, -0.2) is 47.0 Å². The van der Waals surface area contributed by atoms with Gasteiger partial charge in [0, 0.05) is 19.7 Å². The minimum atomic E-state index is -2.88. The number of carbonyl (C=O) groups excluding carboxylic acids is 1. The molecule has 0 saturated carbocycles. The molecule has 0 radical (unpaired) electrons. The van der Waals surface area contributed by atoms with Gasteiger partial charge in [-0.25, -0.2) is 0 Å². The van der Waals surface area contributed by atoms with Crippen LogP contribution < -0.4 is 4.74 Å². The molecule has 2 rings (SSSR count). The Hall–Kier alpha value is -2.16. The van der Waals surface area contributed by atoms with Crippen LogP contribution in [0.1, 0.15) is 13.8 Å². The van der Waals surface area contributed by atoms with Crippen LogP contribution in [0.3, 0.4) is 0 Å². The van der Waals surface area contributed by atoms with Crippen LogP contribution in [0.5, 0.6) is 5.75 Å². The van der Waals surface area contributed by atoms with Crippen molar-refractivity contribution in [2.75, 3.05) is 14.1 Å². The van der Waals surface area contributed by atoms with Crippen molar-refractivity contribution in [2.24, 2.45) is 5.92 Å². The van der Waals surface area contributed by atoms with Crippen molar-refractivity contribution >= 4 is 17.7 Å². The molecule has 0 aliphatic rings. The van der Waals surface area contributed by atoms with Crippen LogP contribution in [0.15, 0.2) is 33.9 Å². The van der Waals surface area contributed by atoms with Gasteiger partial charge in [0.15, 0.2) is 0 Å². The third kappa shape index (κ3) is 5.15. The number of rotatable bonds is 7. The Morgan fingerprint density at radius 1 is 1.20 bits per heavy atom. The molecular weight excluding hydrogens is 352 g/mol. The third-order valence-electron chi connectivity index (χ3n) is 3.25. The second-order valence-corrected chi connectivity index (χ2v) is 6.88. The van der Waals surface area contributed by atoms with Gasteiger partial charge in [-0.1, -0.05) is 25.6 Å². The first-order valence-corrected chi connectivity index (χ1v) is 8.42. The number of nitrogens with zero attached hydrogens (tertiary/aromatic N) is 3. The standard InChI is InChI=1S/C16H19F2N3O3S/c1-9(2)12(14(22)21(3)4)25-16-20-19-13(24-16)10-5-7-11(8-6-10)23-15(17)18/h5-9,12,15H,1-4H3/t12-/m1/s1. The number of thioether (sulfide) groups is 1. The first-order valence-electron chi connectivity index (χ1n) is 7.54. The summed E-state index contributed by atoms with van der Waals surface area (Å²) in [6, 6.07) is 5.88. The van der Waals surface area contributed by atoms with Gasteiger partial charge in [-0.3, -0.25) is 4.79 Å². The molecule has 0 fully saturated rings. The molecule has 25 heavy (non-hydrogen) atoms. The number of halogens is 2. The quantitative estimate of drug-likeness (QED) is 0.694. The average Bonchev–Trinajstić information content (AvgIpc) is 3.00. The Morgan fingerprint density at radius 2 is 1.84 bits per heavy atom. The van der Waals surface area contributed by atoms with Gasteiger partial charge in [-0.2, -0.15) is 8.78 Å². The summed E-state index contributed by atoms with van der Waals surface area (Å²) in [5, 5.41) is 7.83. The van der Waals surface area contributed by atoms with Crippen LogP contribution in [0.4, 0.5) is 8.78 Å². The molecule has 6 nitrogen and oxygen atoms in total. The molecule has 136 valence electrons. The maximum atomic E-state index is 12.2. The van der Waals surface area contributed by atoms with Crippen molar-refractivity contribution in [3.05, 3.63) is 24.3 Å². The topological polar surface area (TPSA) is 68.5 Å². The Morgan fingerprint density at radius 3 is 2.36 bits per heavy atom. The number of aromatic nitrogens is 2. The van der Waals surface area contributed by atoms with Crippen molar-refractivity contribution in [3.63, 3.8) is 0 Å². The van der Waals surface area contributed by atoms with Gasteiger partial charge in [0.1, 0.15) is 5.75 Å². The molecule has 0 aliphatic heterocycles. The molecule has 0 N–H and O–H groups in total. The lowest BCUT2D eigenvalue weighted by molar-refractivity contribution is -0.128. The lowest BCUT2D eigenvalue weighted by Crippen LogP contribution is -2.34. The lowest BCUT2D eigenvalue weighted by atomic mass is 10.1. The predicted octanol–water partition coefficient (Wildman–Crippen LogP) is 3.54. The summed E-state index contributed by atoms with van der Waals surface area (Å²) >= 11 is 1.20. The SMILES string of the molecule is CC(C)[C@@H](Sc1nnc(-c2ccc(OC(F)F)cc2)o1)C(=O)N(C)C. The van der Waals surface area contributed by atoms with Crippen LogP contribution >= 0.6 is 11.8 Å². The molecule has 0 saturated heterocycles. The summed E-state index contributed by atoms with van der Waals surface area (Å²) in [7, 11) is 3.39. The van der Waals surface area contributed by atoms with Crippen molar-refractivity contribution < 1.29 is 22.7 Å². The highest BCUT2D eigenvalue weighted by Crippen LogP contribution is 2.31. The van der Waals surface area contributed by atoms with E-state index in [1.807, 2.05) is 13.8 Å². The largest absolute Gasteiger partial charge is 0.435 e. The minimum absolute atomic E-state index is 0.0340. The monoisotopic (exact) mass is 371 g/mol. The van der Waals surface area contributed by atoms with Gasteiger partial charge in [0.2, 0.25) is 11.8 Å². The van der Waals surface area contributed by atoms with E-state index >= 15 is 0 Å². The molecule has 9 heteroatoms. The maximum Gasteiger partial charge on any atom is 0.387 e. The Labute approximate surface area is 148 Å². The molecule has 1 aromatic carbocycles. The normalized spacial score (nSPS) is 12.5. The molecule has 0 bridgehead atoms. The molecule has 1 heterocycles. The van der Waals surface area contributed by atoms with Crippen molar-refractivity contribution in [3.8, 4) is 17.2 Å². The van der Waals surface area contributed by atoms with E-state index in [4.69, 9.17) is 4.42 Å². The summed E-state index contributed by atoms with van der Waals surface area (Å²) in [5.74, 6) is 0.338. The van der Waals surface area contributed by atoms with Crippen LogP contribution in [0.25, 0.3) is 11.5 Å². The van der Waals surface area contributed by atoms with E-state index in [1.54, 1.807) is 26.2 Å². The number of alkyl halides is 2. The summed E-state index contributed by atoms with van der Waals surface area (Å²) in [6.07, 6.45) is 0. The summed E-state index contributed by atoms with van der Waals surface area (Å²) in [5.41, 5.74) is 0.570. The Balaban J connectivity index is 2.12. The zero-order chi connectivity index (χ0) is 18.6. The zero-order valence-electron chi connectivity index (χ0n) is 14.3. The molecule has 1 atom stereocenters. The van der Waals surface area contributed by atoms with Crippen molar-refractivity contribution in [2.45, 2.75) is 30.9 Å². The highest BCUT2D eigenvalue weighted by Gasteiger charge is 2.27. The van der Waals surface area contributed by atoms with Gasteiger partial charge in [0.25, 0.3) is 5.22 Å². The molecule has 0 aliphatic carbocycles. The van der Waals surface area contributed by atoms with Crippen molar-refractivity contribution in [1.29, 1.82) is 0 Å². The van der Waals surface area contributed by atoms with Gasteiger partial charge < -0.3 is 14.1 Å². The van der Waals surface area contributed by atoms with E-state index in [9.17, 15) is 13.6 Å². The average molecular weight is 371 g/mol. The minimum Gasteiger partial charge on any atom is -0.435 e.